The predicted octanol–water partition coefficient (Wildman–Crippen LogP) is 3.58. The fourth-order valence-corrected chi connectivity index (χ4v) is 8.82. The molecule has 3 fully saturated rings. The Labute approximate surface area is 214 Å². The summed E-state index contributed by atoms with van der Waals surface area (Å²) in [5.74, 6) is 0.260. The third kappa shape index (κ3) is 4.99. The van der Waals surface area contributed by atoms with Crippen molar-refractivity contribution < 1.29 is 27.0 Å². The van der Waals surface area contributed by atoms with Gasteiger partial charge in [0.1, 0.15) is 12.0 Å². The fraction of sp³-hybridized carbons (Fsp3) is 0.560. The van der Waals surface area contributed by atoms with E-state index in [0.717, 1.165) is 31.4 Å². The number of carbonyl (C=O) groups is 1. The number of hydrogen-bond donors (Lipinski definition) is 1. The summed E-state index contributed by atoms with van der Waals surface area (Å²) < 4.78 is 47.7. The molecule has 4 aliphatic heterocycles. The zero-order valence-electron chi connectivity index (χ0n) is 20.9. The van der Waals surface area contributed by atoms with Gasteiger partial charge < -0.3 is 24.0 Å². The van der Waals surface area contributed by atoms with Crippen LogP contribution in [0.2, 0.25) is 0 Å². The minimum Gasteiger partial charge on any atom is -0.352 e. The molecule has 1 aromatic carbocycles. The average Bonchev–Trinajstić information content (AvgIpc) is 3.54. The molecule has 11 heteroatoms. The van der Waals surface area contributed by atoms with Gasteiger partial charge in [0.05, 0.1) is 29.0 Å². The lowest BCUT2D eigenvalue weighted by Gasteiger charge is -2.32. The zero-order valence-corrected chi connectivity index (χ0v) is 22.6. The smallest absolute Gasteiger partial charge is 0.259 e. The summed E-state index contributed by atoms with van der Waals surface area (Å²) in [6, 6.07) is 7.01. The molecular formula is C25H34N3O6PS. The Kier molecular flexibility index (Phi) is 7.29. The number of nitrogens with zero attached hydrogens (tertiary/aromatic N) is 2. The van der Waals surface area contributed by atoms with Crippen LogP contribution in [-0.4, -0.2) is 66.8 Å². The first-order chi connectivity index (χ1) is 17.2. The van der Waals surface area contributed by atoms with Crippen LogP contribution >= 0.6 is 8.53 Å². The third-order valence-corrected chi connectivity index (χ3v) is 10.9. The highest BCUT2D eigenvalue weighted by Crippen LogP contribution is 2.57. The molecule has 196 valence electrons. The molecule has 5 rings (SSSR count). The SMILES string of the molecule is C=C1NC(=O)C(C)=CN1[C@H]1CC(O[P@@]2O[C@H](CS(=O)(=O)c3ccc(C)cc3)[C@@H]3CCCN32)[C@@H](CC)O1. The molecule has 3 saturated heterocycles. The summed E-state index contributed by atoms with van der Waals surface area (Å²) in [6.07, 6.45) is 3.91. The number of rotatable bonds is 7. The molecule has 0 saturated carbocycles. The maximum absolute atomic E-state index is 13.1. The van der Waals surface area contributed by atoms with Crippen LogP contribution in [0.3, 0.4) is 0 Å². The normalized spacial score (nSPS) is 33.1. The number of fused-ring (bicyclic) bond motifs is 1. The van der Waals surface area contributed by atoms with Crippen molar-refractivity contribution >= 4 is 24.3 Å². The summed E-state index contributed by atoms with van der Waals surface area (Å²) in [5, 5.41) is 2.77. The first kappa shape index (κ1) is 25.8. The van der Waals surface area contributed by atoms with E-state index < -0.39 is 24.5 Å². The third-order valence-electron chi connectivity index (χ3n) is 7.28. The highest BCUT2D eigenvalue weighted by atomic mass is 32.2. The van der Waals surface area contributed by atoms with Crippen molar-refractivity contribution in [3.8, 4) is 0 Å². The molecule has 0 aliphatic carbocycles. The molecule has 1 N–H and O–H groups in total. The van der Waals surface area contributed by atoms with Crippen molar-refractivity contribution in [3.05, 3.63) is 54.0 Å². The van der Waals surface area contributed by atoms with E-state index in [4.69, 9.17) is 13.8 Å². The second kappa shape index (κ2) is 10.2. The van der Waals surface area contributed by atoms with E-state index in [1.165, 1.54) is 0 Å². The quantitative estimate of drug-likeness (QED) is 0.530. The Bertz CT molecular complexity index is 1160. The minimum absolute atomic E-state index is 0.0391. The van der Waals surface area contributed by atoms with Crippen LogP contribution in [0.25, 0.3) is 0 Å². The van der Waals surface area contributed by atoms with Crippen molar-refractivity contribution in [2.75, 3.05) is 12.3 Å². The van der Waals surface area contributed by atoms with Crippen molar-refractivity contribution in [3.63, 3.8) is 0 Å². The lowest BCUT2D eigenvalue weighted by atomic mass is 10.1. The van der Waals surface area contributed by atoms with E-state index in [1.807, 2.05) is 24.0 Å². The number of hydrogen-bond acceptors (Lipinski definition) is 8. The van der Waals surface area contributed by atoms with Gasteiger partial charge in [-0.25, -0.2) is 13.1 Å². The second-order valence-electron chi connectivity index (χ2n) is 9.89. The van der Waals surface area contributed by atoms with Crippen molar-refractivity contribution in [2.24, 2.45) is 0 Å². The molecular weight excluding hydrogens is 501 g/mol. The van der Waals surface area contributed by atoms with Gasteiger partial charge in [-0.15, -0.1) is 0 Å². The first-order valence-electron chi connectivity index (χ1n) is 12.5. The van der Waals surface area contributed by atoms with E-state index in [-0.39, 0.29) is 36.1 Å². The molecule has 1 unspecified atom stereocenters. The molecule has 0 bridgehead atoms. The van der Waals surface area contributed by atoms with Crippen LogP contribution in [0.15, 0.2) is 53.3 Å². The van der Waals surface area contributed by atoms with Gasteiger partial charge in [0.15, 0.2) is 9.84 Å². The van der Waals surface area contributed by atoms with Gasteiger partial charge >= 0.3 is 0 Å². The van der Waals surface area contributed by atoms with Gasteiger partial charge in [0, 0.05) is 30.8 Å². The largest absolute Gasteiger partial charge is 0.352 e. The van der Waals surface area contributed by atoms with Crippen molar-refractivity contribution in [1.29, 1.82) is 0 Å². The molecule has 9 nitrogen and oxygen atoms in total. The average molecular weight is 536 g/mol. The summed E-state index contributed by atoms with van der Waals surface area (Å²) >= 11 is 0. The van der Waals surface area contributed by atoms with E-state index >= 15 is 0 Å². The Morgan fingerprint density at radius 1 is 1.22 bits per heavy atom. The van der Waals surface area contributed by atoms with Crippen LogP contribution in [0, 0.1) is 6.92 Å². The second-order valence-corrected chi connectivity index (χ2v) is 13.3. The standard InChI is InChI=1S/C25H34N3O6PS/c1-5-21-22(13-24(32-21)27-14-17(3)25(29)26-18(27)4)33-35-28-12-6-7-20(28)23(34-35)15-36(30,31)19-10-8-16(2)9-11-19/h8-11,14,20-24H,4-7,12-13,15H2,1-3H3,(H,26,29)/t20-,21+,22?,23+,24+,35-/m0/s1. The van der Waals surface area contributed by atoms with Crippen molar-refractivity contribution in [1.82, 2.24) is 14.9 Å². The highest BCUT2D eigenvalue weighted by Gasteiger charge is 2.50. The number of carbonyl (C=O) groups excluding carboxylic acids is 1. The fourth-order valence-electron chi connectivity index (χ4n) is 5.25. The summed E-state index contributed by atoms with van der Waals surface area (Å²) in [6.45, 7) is 10.5. The van der Waals surface area contributed by atoms with Gasteiger partial charge in [-0.2, -0.15) is 0 Å². The maximum atomic E-state index is 13.1. The van der Waals surface area contributed by atoms with Crippen LogP contribution in [0.1, 0.15) is 45.1 Å². The molecule has 0 spiro atoms. The van der Waals surface area contributed by atoms with E-state index in [1.54, 1.807) is 25.3 Å². The lowest BCUT2D eigenvalue weighted by molar-refractivity contribution is -0.118. The molecule has 0 aromatic heterocycles. The number of amides is 1. The summed E-state index contributed by atoms with van der Waals surface area (Å²) in [7, 11) is -4.88. The van der Waals surface area contributed by atoms with Gasteiger partial charge in [-0.1, -0.05) is 31.2 Å². The van der Waals surface area contributed by atoms with Gasteiger partial charge in [0.25, 0.3) is 14.4 Å². The highest BCUT2D eigenvalue weighted by molar-refractivity contribution is 7.91. The first-order valence-corrected chi connectivity index (χ1v) is 15.3. The molecule has 4 heterocycles. The van der Waals surface area contributed by atoms with Crippen LogP contribution < -0.4 is 5.32 Å². The number of sulfone groups is 1. The summed E-state index contributed by atoms with van der Waals surface area (Å²) in [4.78, 5) is 14.1. The van der Waals surface area contributed by atoms with Crippen LogP contribution in [0.4, 0.5) is 0 Å². The topological polar surface area (TPSA) is 97.4 Å². The predicted molar refractivity (Wildman–Crippen MR) is 136 cm³/mol. The monoisotopic (exact) mass is 535 g/mol. The Morgan fingerprint density at radius 3 is 2.69 bits per heavy atom. The van der Waals surface area contributed by atoms with Gasteiger partial charge in [-0.3, -0.25) is 4.79 Å². The number of ether oxygens (including phenoxy) is 1. The van der Waals surface area contributed by atoms with E-state index in [0.29, 0.717) is 22.7 Å². The maximum Gasteiger partial charge on any atom is 0.259 e. The number of aryl methyl sites for hydroxylation is 1. The Morgan fingerprint density at radius 2 is 1.97 bits per heavy atom. The van der Waals surface area contributed by atoms with Crippen molar-refractivity contribution in [2.45, 2.75) is 81.9 Å². The molecule has 6 atom stereocenters. The summed E-state index contributed by atoms with van der Waals surface area (Å²) in [5.41, 5.74) is 1.61. The number of benzene rings is 1. The Balaban J connectivity index is 1.28. The molecule has 4 aliphatic rings. The van der Waals surface area contributed by atoms with E-state index in [9.17, 15) is 13.2 Å². The van der Waals surface area contributed by atoms with Crippen LogP contribution in [0.5, 0.6) is 0 Å². The minimum atomic E-state index is -3.48. The molecule has 1 amide bonds. The lowest BCUT2D eigenvalue weighted by Crippen LogP contribution is -2.42. The van der Waals surface area contributed by atoms with Gasteiger partial charge in [-0.05, 0) is 45.2 Å². The zero-order chi connectivity index (χ0) is 25.6. The van der Waals surface area contributed by atoms with Crippen LogP contribution in [-0.2, 0) is 28.4 Å². The molecule has 36 heavy (non-hydrogen) atoms. The Hall–Kier alpha value is -1.81. The van der Waals surface area contributed by atoms with Gasteiger partial charge in [0.2, 0.25) is 0 Å². The molecule has 0 radical (unpaired) electrons. The number of nitrogens with one attached hydrogen (secondary N) is 1. The van der Waals surface area contributed by atoms with E-state index in [2.05, 4.69) is 23.5 Å². The molecule has 1 aromatic rings.